The number of Topliss-reactive ketones (excluding diaryl/α,β-unsaturated/α-hetero) is 2. The largest absolute Gasteiger partial charge is 0.497 e. The topological polar surface area (TPSA) is 342 Å². The quantitative estimate of drug-likeness (QED) is 0.0777. The smallest absolute Gasteiger partial charge is 0.306 e. The Bertz CT molecular complexity index is 4830. The SMILES string of the molecule is COc1ccc2nc3c(nc2c1)O[C@H]1CN(C(=O)[C@H](C(C)(C)C)CC(=O)O[C@@H]2C[C@H]2CCCCC3(F)F)[C@H](C(=O)C[C@]2(C(=O)NS(=O)(=O)C3(C)CC3)C[C@H]2C(F)F)[C@@H]1C.COc1ccc2nc3c(nc2c1)O[C@H]1CN(C(=O)[C@H](C(C)(C)C)CC(=O)O[C@@H]2C[C@H]2CCCCC3F)[C@H](C(=O)C[C@]2(C(=O)NS(=O)(=O)C3(C)CC3)C[C@H]2C(F)F)[C@@H]1C. The van der Waals surface area contributed by atoms with Crippen LogP contribution < -0.4 is 28.4 Å². The molecule has 117 heavy (non-hydrogen) atoms. The van der Waals surface area contributed by atoms with Gasteiger partial charge in [0.25, 0.3) is 5.92 Å². The molecule has 35 heteroatoms. The highest BCUT2D eigenvalue weighted by Crippen LogP contribution is 2.62. The van der Waals surface area contributed by atoms with Gasteiger partial charge < -0.3 is 38.2 Å². The number of carbonyl (C=O) groups is 8. The first-order chi connectivity index (χ1) is 54.7. The van der Waals surface area contributed by atoms with E-state index in [0.29, 0.717) is 73.9 Å². The van der Waals surface area contributed by atoms with Gasteiger partial charge >= 0.3 is 11.9 Å². The predicted octanol–water partition coefficient (Wildman–Crippen LogP) is 12.1. The summed E-state index contributed by atoms with van der Waals surface area (Å²) in [5, 5.41) is 0. The number of hydrogen-bond donors (Lipinski definition) is 2. The molecule has 10 aliphatic rings. The van der Waals surface area contributed by atoms with E-state index in [1.54, 1.807) is 72.7 Å². The van der Waals surface area contributed by atoms with E-state index in [0.717, 1.165) is 6.42 Å². The van der Waals surface area contributed by atoms with Crippen molar-refractivity contribution >= 4 is 89.2 Å². The summed E-state index contributed by atoms with van der Waals surface area (Å²) in [5.74, 6) is -16.8. The fourth-order valence-electron chi connectivity index (χ4n) is 17.4. The first-order valence-corrected chi connectivity index (χ1v) is 43.5. The molecule has 4 bridgehead atoms. The van der Waals surface area contributed by atoms with Gasteiger partial charge in [0.1, 0.15) is 47.8 Å². The molecule has 2 aromatic heterocycles. The summed E-state index contributed by atoms with van der Waals surface area (Å²) in [4.78, 5) is 133. The highest BCUT2D eigenvalue weighted by atomic mass is 32.2. The molecular weight excluding hydrogens is 1580 g/mol. The van der Waals surface area contributed by atoms with Gasteiger partial charge in [0.05, 0.1) is 106 Å². The van der Waals surface area contributed by atoms with E-state index < -0.39 is 233 Å². The van der Waals surface area contributed by atoms with Crippen molar-refractivity contribution in [2.45, 2.75) is 269 Å². The molecule has 4 aliphatic heterocycles. The molecule has 0 radical (unpaired) electrons. The number of methoxy groups -OCH3 is 2. The number of benzene rings is 2. The summed E-state index contributed by atoms with van der Waals surface area (Å²) >= 11 is 0. The van der Waals surface area contributed by atoms with E-state index in [-0.39, 0.29) is 92.2 Å². The summed E-state index contributed by atoms with van der Waals surface area (Å²) < 4.78 is 195. The molecule has 4 amide bonds. The average molecular weight is 1690 g/mol. The lowest BCUT2D eigenvalue weighted by Gasteiger charge is -2.35. The Kier molecular flexibility index (Phi) is 23.6. The van der Waals surface area contributed by atoms with Crippen LogP contribution in [0.15, 0.2) is 36.4 Å². The van der Waals surface area contributed by atoms with Crippen LogP contribution >= 0.6 is 0 Å². The Morgan fingerprint density at radius 2 is 0.957 bits per heavy atom. The van der Waals surface area contributed by atoms with Crippen LogP contribution in [0.4, 0.5) is 30.7 Å². The first kappa shape index (κ1) is 86.7. The molecule has 6 saturated carbocycles. The molecule has 2 N–H and O–H groups in total. The van der Waals surface area contributed by atoms with E-state index in [2.05, 4.69) is 19.9 Å². The van der Waals surface area contributed by atoms with Gasteiger partial charge in [-0.05, 0) is 138 Å². The molecule has 642 valence electrons. The number of halogens is 7. The molecule has 8 fully saturated rings. The highest BCUT2D eigenvalue weighted by Gasteiger charge is 2.69. The summed E-state index contributed by atoms with van der Waals surface area (Å²) in [6.45, 7) is 16.0. The average Bonchev–Trinajstić information content (AvgIpc) is 1.56. The lowest BCUT2D eigenvalue weighted by atomic mass is 9.77. The molecule has 2 saturated heterocycles. The van der Waals surface area contributed by atoms with E-state index in [1.807, 2.05) is 9.44 Å². The third-order valence-corrected chi connectivity index (χ3v) is 30.7. The molecule has 4 aromatic rings. The predicted molar refractivity (Wildman–Crippen MR) is 408 cm³/mol. The highest BCUT2D eigenvalue weighted by molar-refractivity contribution is 7.92. The number of amides is 4. The Labute approximate surface area is 675 Å². The fourth-order valence-corrected chi connectivity index (χ4v) is 20.1. The number of fused-ring (bicyclic) bond motifs is 10. The molecular formula is C82H105F7N8O18S2. The Morgan fingerprint density at radius 3 is 1.36 bits per heavy atom. The van der Waals surface area contributed by atoms with Gasteiger partial charge in [-0.15, -0.1) is 0 Å². The lowest BCUT2D eigenvalue weighted by Crippen LogP contribution is -2.50. The second-order valence-electron chi connectivity index (χ2n) is 37.1. The summed E-state index contributed by atoms with van der Waals surface area (Å²) in [5.41, 5.74) is -5.54. The van der Waals surface area contributed by atoms with Crippen LogP contribution in [0, 0.1) is 69.0 Å². The normalized spacial score (nSPS) is 32.2. The zero-order valence-electron chi connectivity index (χ0n) is 67.8. The number of sulfonamides is 2. The van der Waals surface area contributed by atoms with Gasteiger partial charge in [0, 0.05) is 55.1 Å². The number of nitrogens with one attached hydrogen (secondary N) is 2. The van der Waals surface area contributed by atoms with Gasteiger partial charge in [-0.25, -0.2) is 58.7 Å². The van der Waals surface area contributed by atoms with Crippen molar-refractivity contribution in [2.24, 2.45) is 69.0 Å². The van der Waals surface area contributed by atoms with Gasteiger partial charge in [0.2, 0.25) is 68.3 Å². The Hall–Kier alpha value is -8.11. The second kappa shape index (κ2) is 31.8. The molecule has 6 heterocycles. The molecule has 1 unspecified atom stereocenters. The van der Waals surface area contributed by atoms with Crippen molar-refractivity contribution in [1.82, 2.24) is 39.2 Å². The van der Waals surface area contributed by atoms with Crippen LogP contribution in [0.5, 0.6) is 23.3 Å². The number of nitrogens with zero attached hydrogens (tertiary/aromatic N) is 6. The van der Waals surface area contributed by atoms with Crippen LogP contribution in [0.3, 0.4) is 0 Å². The number of ether oxygens (including phenoxy) is 6. The van der Waals surface area contributed by atoms with Gasteiger partial charge in [0.15, 0.2) is 17.3 Å². The van der Waals surface area contributed by atoms with Crippen LogP contribution in [0.25, 0.3) is 22.1 Å². The molecule has 0 spiro atoms. The fraction of sp³-hybridized carbons (Fsp3) is 0.707. The number of aromatic nitrogens is 4. The maximum absolute atomic E-state index is 16.3. The van der Waals surface area contributed by atoms with Crippen molar-refractivity contribution in [3.63, 3.8) is 0 Å². The third-order valence-electron chi connectivity index (χ3n) is 26.4. The lowest BCUT2D eigenvalue weighted by molar-refractivity contribution is -0.154. The van der Waals surface area contributed by atoms with Gasteiger partial charge in [-0.1, -0.05) is 74.7 Å². The molecule has 2 aromatic carbocycles. The zero-order valence-corrected chi connectivity index (χ0v) is 69.5. The van der Waals surface area contributed by atoms with Crippen molar-refractivity contribution in [3.05, 3.63) is 47.8 Å². The Balaban J connectivity index is 0.000000203. The number of esters is 2. The maximum Gasteiger partial charge on any atom is 0.306 e. The summed E-state index contributed by atoms with van der Waals surface area (Å²) in [6, 6.07) is 6.68. The van der Waals surface area contributed by atoms with Crippen molar-refractivity contribution < 1.29 is 114 Å². The number of ketones is 2. The van der Waals surface area contributed by atoms with Gasteiger partial charge in [-0.3, -0.25) is 47.8 Å². The molecule has 6 aliphatic carbocycles. The van der Waals surface area contributed by atoms with E-state index in [9.17, 15) is 72.8 Å². The minimum Gasteiger partial charge on any atom is -0.497 e. The first-order valence-electron chi connectivity index (χ1n) is 40.5. The second-order valence-corrected chi connectivity index (χ2v) is 41.4. The molecule has 26 nitrogen and oxygen atoms in total. The number of hydrogen-bond acceptors (Lipinski definition) is 22. The van der Waals surface area contributed by atoms with Crippen molar-refractivity contribution in [2.75, 3.05) is 27.3 Å². The maximum atomic E-state index is 16.3. The van der Waals surface area contributed by atoms with E-state index >= 15 is 13.2 Å². The standard InChI is InChI=1S/C41H52F4N4O9S.C41H53F3N4O9S/c1-21-30-20-49(32(21)28(50)19-40(18-25(40)34(42)43)37(53)48-59(54,55)39(5)13-14-39)36(52)24(38(2,3)4)17-31(51)57-29-15-22(29)9-7-8-12-41(44,45)33-35(58-30)47-27-16-23(56-6)10-11-26(27)46-33;1-21-31-20-48(34(21)29(49)19-41(18-25(41)35(43)44)38(52)47-58(53,54)40(5)13-14-40)37(51)24(39(2,3)4)17-32(50)56-30-15-22(30)9-7-8-10-26(42)33-36(57-31)46-28-16-23(55-6)11-12-27(28)45-33/h10-11,16,21-22,24-25,29-30,32,34H,7-9,12-15,17-20H2,1-6H3,(H,48,53);11-12,16,21-22,24-26,30-31,34-35H,7-10,13-15,17-20H2,1-6H3,(H,47,52)/t21-,22-,24-,25+,29-,30+,32+,40-;21-,22-,24-,25+,26?,30-,31+,34+,41-/m11/s1. The van der Waals surface area contributed by atoms with Crippen LogP contribution in [-0.4, -0.2) is 180 Å². The van der Waals surface area contributed by atoms with Gasteiger partial charge in [-0.2, -0.15) is 8.78 Å². The number of carbonyl (C=O) groups excluding carboxylic acids is 8. The van der Waals surface area contributed by atoms with Crippen LogP contribution in [0.2, 0.25) is 0 Å². The minimum absolute atomic E-state index is 0.0158. The third kappa shape index (κ3) is 17.8. The molecule has 14 rings (SSSR count). The summed E-state index contributed by atoms with van der Waals surface area (Å²) in [6.07, 6.45) is -8.87. The molecule has 17 atom stereocenters. The van der Waals surface area contributed by atoms with Crippen molar-refractivity contribution in [1.29, 1.82) is 0 Å². The number of alkyl halides is 7. The van der Waals surface area contributed by atoms with Crippen LogP contribution in [-0.2, 0) is 73.8 Å². The zero-order chi connectivity index (χ0) is 85.1. The van der Waals surface area contributed by atoms with E-state index in [4.69, 9.17) is 28.4 Å². The van der Waals surface area contributed by atoms with E-state index in [1.165, 1.54) is 56.9 Å². The number of rotatable bonds is 16. The van der Waals surface area contributed by atoms with Crippen LogP contribution in [0.1, 0.15) is 215 Å². The summed E-state index contributed by atoms with van der Waals surface area (Å²) in [7, 11) is -5.57. The monoisotopic (exact) mass is 1690 g/mol. The van der Waals surface area contributed by atoms with Crippen molar-refractivity contribution in [3.8, 4) is 23.3 Å². The Morgan fingerprint density at radius 1 is 0.556 bits per heavy atom. The minimum atomic E-state index is -4.26.